The smallest absolute Gasteiger partial charge is 0.273 e. The number of rotatable bonds is 5. The van der Waals surface area contributed by atoms with E-state index < -0.39 is 0 Å². The Morgan fingerprint density at radius 3 is 2.63 bits per heavy atom. The van der Waals surface area contributed by atoms with Gasteiger partial charge in [-0.3, -0.25) is 4.90 Å². The molecule has 0 spiro atoms. The molecule has 3 aromatic heterocycles. The first kappa shape index (κ1) is 23.5. The highest BCUT2D eigenvalue weighted by Crippen LogP contribution is 2.31. The number of aromatic hydroxyl groups is 1. The van der Waals surface area contributed by atoms with Crippen LogP contribution in [0.25, 0.3) is 27.8 Å². The molecule has 1 fully saturated rings. The molecule has 1 aliphatic heterocycles. The zero-order valence-corrected chi connectivity index (χ0v) is 20.6. The Bertz CT molecular complexity index is 1500. The summed E-state index contributed by atoms with van der Waals surface area (Å²) in [6.07, 6.45) is 1.54. The summed E-state index contributed by atoms with van der Waals surface area (Å²) in [5, 5.41) is 24.2. The fourth-order valence-corrected chi connectivity index (χ4v) is 4.86. The average molecular weight is 494 g/mol. The molecule has 6 rings (SSSR count). The summed E-state index contributed by atoms with van der Waals surface area (Å²) in [7, 11) is 0. The molecular formula is C25H28ClN7O2. The van der Waals surface area contributed by atoms with E-state index in [9.17, 15) is 5.11 Å². The molecule has 5 aromatic rings. The number of phenolic OH excluding ortho intramolecular Hbond substituents is 1. The summed E-state index contributed by atoms with van der Waals surface area (Å²) >= 11 is 0. The summed E-state index contributed by atoms with van der Waals surface area (Å²) in [5.74, 6) is 1.42. The SMILES string of the molecule is Cc1cc(CCN2CCOCC2)c(C)c2c1[nH]c1nc3nnc(Cc4ccc(O)cc4)n3nc12.Cl. The minimum absolute atomic E-state index is 0. The lowest BCUT2D eigenvalue weighted by atomic mass is 9.98. The molecule has 0 amide bonds. The molecule has 0 atom stereocenters. The Morgan fingerprint density at radius 2 is 1.86 bits per heavy atom. The van der Waals surface area contributed by atoms with E-state index in [1.54, 1.807) is 16.6 Å². The third-order valence-electron chi connectivity index (χ3n) is 6.80. The van der Waals surface area contributed by atoms with E-state index in [2.05, 4.69) is 40.0 Å². The molecule has 1 aliphatic rings. The van der Waals surface area contributed by atoms with Gasteiger partial charge < -0.3 is 14.8 Å². The first-order chi connectivity index (χ1) is 16.6. The topological polar surface area (TPSA) is 104 Å². The van der Waals surface area contributed by atoms with E-state index in [1.165, 1.54) is 16.7 Å². The first-order valence-corrected chi connectivity index (χ1v) is 11.7. The quantitative estimate of drug-likeness (QED) is 0.387. The number of phenols is 1. The Hall–Kier alpha value is -3.27. The molecule has 9 nitrogen and oxygen atoms in total. The third-order valence-corrected chi connectivity index (χ3v) is 6.80. The second-order valence-electron chi connectivity index (χ2n) is 9.04. The van der Waals surface area contributed by atoms with Gasteiger partial charge in [0.15, 0.2) is 11.5 Å². The number of hydrogen-bond donors (Lipinski definition) is 2. The molecule has 0 saturated carbocycles. The number of halogens is 1. The molecule has 0 radical (unpaired) electrons. The minimum Gasteiger partial charge on any atom is -0.508 e. The Labute approximate surface area is 208 Å². The summed E-state index contributed by atoms with van der Waals surface area (Å²) in [6.45, 7) is 8.96. The number of morpholine rings is 1. The average Bonchev–Trinajstić information content (AvgIpc) is 3.42. The first-order valence-electron chi connectivity index (χ1n) is 11.7. The highest BCUT2D eigenvalue weighted by Gasteiger charge is 2.19. The second kappa shape index (κ2) is 9.41. The van der Waals surface area contributed by atoms with Crippen molar-refractivity contribution in [3.8, 4) is 5.75 Å². The van der Waals surface area contributed by atoms with Crippen LogP contribution >= 0.6 is 12.4 Å². The standard InChI is InChI=1S/C25H27N7O2.ClH/c1-15-13-18(7-8-31-9-11-34-12-10-31)16(2)21-22(15)26-24-23(21)30-32-20(28-29-25(32)27-24)14-17-3-5-19(33)6-4-17;/h3-6,13,33H,7-12,14H2,1-2H3,(H,26,27,29);1H. The van der Waals surface area contributed by atoms with Gasteiger partial charge in [0.05, 0.1) is 18.7 Å². The van der Waals surface area contributed by atoms with E-state index in [-0.39, 0.29) is 18.2 Å². The number of aryl methyl sites for hydroxylation is 2. The number of ether oxygens (including phenoxy) is 1. The number of fused-ring (bicyclic) bond motifs is 4. The number of H-pyrrole nitrogens is 1. The van der Waals surface area contributed by atoms with Crippen molar-refractivity contribution >= 4 is 40.3 Å². The van der Waals surface area contributed by atoms with Crippen molar-refractivity contribution in [3.05, 3.63) is 58.4 Å². The maximum Gasteiger partial charge on any atom is 0.273 e. The third kappa shape index (κ3) is 4.31. The van der Waals surface area contributed by atoms with Gasteiger partial charge >= 0.3 is 0 Å². The van der Waals surface area contributed by atoms with Crippen LogP contribution in [0.1, 0.15) is 28.1 Å². The molecule has 2 aromatic carbocycles. The van der Waals surface area contributed by atoms with E-state index in [4.69, 9.17) is 14.8 Å². The molecule has 10 heteroatoms. The van der Waals surface area contributed by atoms with E-state index in [0.29, 0.717) is 18.0 Å². The van der Waals surface area contributed by atoms with Crippen LogP contribution < -0.4 is 0 Å². The van der Waals surface area contributed by atoms with Crippen molar-refractivity contribution < 1.29 is 9.84 Å². The molecule has 182 valence electrons. The maximum atomic E-state index is 9.57. The van der Waals surface area contributed by atoms with Crippen molar-refractivity contribution in [2.75, 3.05) is 32.8 Å². The van der Waals surface area contributed by atoms with Gasteiger partial charge in [-0.1, -0.05) is 18.2 Å². The minimum atomic E-state index is 0. The number of nitrogens with one attached hydrogen (secondary N) is 1. The highest BCUT2D eigenvalue weighted by molar-refractivity contribution is 6.07. The van der Waals surface area contributed by atoms with Crippen LogP contribution in [-0.4, -0.2) is 72.6 Å². The lowest BCUT2D eigenvalue weighted by Crippen LogP contribution is -2.37. The maximum absolute atomic E-state index is 9.57. The second-order valence-corrected chi connectivity index (χ2v) is 9.04. The van der Waals surface area contributed by atoms with E-state index in [0.717, 1.165) is 66.9 Å². The Balaban J connectivity index is 0.00000253. The lowest BCUT2D eigenvalue weighted by Gasteiger charge is -2.26. The number of benzene rings is 2. The van der Waals surface area contributed by atoms with Gasteiger partial charge in [0.2, 0.25) is 0 Å². The van der Waals surface area contributed by atoms with Gasteiger partial charge in [0.25, 0.3) is 5.78 Å². The predicted molar refractivity (Wildman–Crippen MR) is 137 cm³/mol. The molecule has 4 heterocycles. The van der Waals surface area contributed by atoms with Crippen molar-refractivity contribution in [2.24, 2.45) is 0 Å². The Morgan fingerprint density at radius 1 is 1.09 bits per heavy atom. The predicted octanol–water partition coefficient (Wildman–Crippen LogP) is 3.36. The normalized spacial score (nSPS) is 14.7. The number of hydrogen-bond acceptors (Lipinski definition) is 7. The number of aromatic amines is 1. The molecule has 0 aliphatic carbocycles. The molecule has 0 unspecified atom stereocenters. The lowest BCUT2D eigenvalue weighted by molar-refractivity contribution is 0.0384. The molecule has 0 bridgehead atoms. The van der Waals surface area contributed by atoms with Crippen molar-refractivity contribution in [2.45, 2.75) is 26.7 Å². The van der Waals surface area contributed by atoms with Crippen LogP contribution in [0.2, 0.25) is 0 Å². The summed E-state index contributed by atoms with van der Waals surface area (Å²) in [5.41, 5.74) is 7.42. The molecular weight excluding hydrogens is 466 g/mol. The van der Waals surface area contributed by atoms with Gasteiger partial charge in [-0.15, -0.1) is 22.6 Å². The van der Waals surface area contributed by atoms with Gasteiger partial charge in [-0.2, -0.15) is 14.6 Å². The van der Waals surface area contributed by atoms with Gasteiger partial charge in [-0.25, -0.2) is 0 Å². The number of nitrogens with zero attached hydrogens (tertiary/aromatic N) is 6. The largest absolute Gasteiger partial charge is 0.508 e. The monoisotopic (exact) mass is 493 g/mol. The van der Waals surface area contributed by atoms with Gasteiger partial charge in [0.1, 0.15) is 11.3 Å². The zero-order chi connectivity index (χ0) is 23.2. The Kier molecular flexibility index (Phi) is 6.31. The van der Waals surface area contributed by atoms with E-state index in [1.807, 2.05) is 12.1 Å². The van der Waals surface area contributed by atoms with Crippen LogP contribution in [-0.2, 0) is 17.6 Å². The highest BCUT2D eigenvalue weighted by atomic mass is 35.5. The van der Waals surface area contributed by atoms with Crippen LogP contribution in [0.4, 0.5) is 0 Å². The van der Waals surface area contributed by atoms with Crippen molar-refractivity contribution in [3.63, 3.8) is 0 Å². The number of aromatic nitrogens is 6. The molecule has 35 heavy (non-hydrogen) atoms. The summed E-state index contributed by atoms with van der Waals surface area (Å²) in [4.78, 5) is 10.7. The summed E-state index contributed by atoms with van der Waals surface area (Å²) in [6, 6.07) is 9.39. The summed E-state index contributed by atoms with van der Waals surface area (Å²) < 4.78 is 7.22. The van der Waals surface area contributed by atoms with Gasteiger partial charge in [-0.05, 0) is 54.7 Å². The molecule has 1 saturated heterocycles. The van der Waals surface area contributed by atoms with Crippen molar-refractivity contribution in [1.82, 2.24) is 34.7 Å². The van der Waals surface area contributed by atoms with Crippen LogP contribution in [0.15, 0.2) is 30.3 Å². The fraction of sp³-hybridized carbons (Fsp3) is 0.360. The van der Waals surface area contributed by atoms with E-state index >= 15 is 0 Å². The fourth-order valence-electron chi connectivity index (χ4n) is 4.86. The van der Waals surface area contributed by atoms with Crippen molar-refractivity contribution in [1.29, 1.82) is 0 Å². The van der Waals surface area contributed by atoms with Crippen LogP contribution in [0, 0.1) is 13.8 Å². The zero-order valence-electron chi connectivity index (χ0n) is 19.8. The van der Waals surface area contributed by atoms with Crippen LogP contribution in [0.5, 0.6) is 5.75 Å². The van der Waals surface area contributed by atoms with Gasteiger partial charge in [0, 0.05) is 31.4 Å². The molecule has 2 N–H and O–H groups in total. The van der Waals surface area contributed by atoms with Crippen LogP contribution in [0.3, 0.4) is 0 Å².